The minimum Gasteiger partial charge on any atom is -0.350 e. The summed E-state index contributed by atoms with van der Waals surface area (Å²) in [4.78, 5) is 28.6. The van der Waals surface area contributed by atoms with E-state index < -0.39 is 0 Å². The summed E-state index contributed by atoms with van der Waals surface area (Å²) in [6, 6.07) is 9.83. The average molecular weight is 394 g/mol. The molecule has 6 nitrogen and oxygen atoms in total. The Bertz CT molecular complexity index is 996. The van der Waals surface area contributed by atoms with Crippen LogP contribution in [0.4, 0.5) is 5.13 Å². The minimum atomic E-state index is -0.193. The third-order valence-corrected chi connectivity index (χ3v) is 6.69. The molecule has 0 radical (unpaired) electrons. The van der Waals surface area contributed by atoms with E-state index in [1.54, 1.807) is 17.7 Å². The second kappa shape index (κ2) is 7.13. The van der Waals surface area contributed by atoms with Gasteiger partial charge in [-0.2, -0.15) is 4.98 Å². The van der Waals surface area contributed by atoms with Crippen LogP contribution >= 0.6 is 11.3 Å². The lowest BCUT2D eigenvalue weighted by molar-refractivity contribution is -0.123. The van der Waals surface area contributed by atoms with Crippen LogP contribution in [0.5, 0.6) is 0 Å². The SMILES string of the molecule is CN(c1nc2ncnc(C3CC3)c2s1)[C@@H](C(=O)NCc1ccccc1)C1CC1. The van der Waals surface area contributed by atoms with Gasteiger partial charge in [-0.05, 0) is 37.2 Å². The van der Waals surface area contributed by atoms with E-state index in [9.17, 15) is 4.79 Å². The molecule has 3 aromatic rings. The van der Waals surface area contributed by atoms with E-state index >= 15 is 0 Å². The fourth-order valence-electron chi connectivity index (χ4n) is 3.69. The van der Waals surface area contributed by atoms with Crippen molar-refractivity contribution in [3.63, 3.8) is 0 Å². The Kier molecular flexibility index (Phi) is 4.47. The molecule has 2 fully saturated rings. The Labute approximate surface area is 168 Å². The lowest BCUT2D eigenvalue weighted by atomic mass is 10.1. The summed E-state index contributed by atoms with van der Waals surface area (Å²) in [7, 11) is 1.98. The topological polar surface area (TPSA) is 71.0 Å². The van der Waals surface area contributed by atoms with Crippen molar-refractivity contribution >= 4 is 32.7 Å². The fraction of sp³-hybridized carbons (Fsp3) is 0.429. The van der Waals surface area contributed by atoms with Gasteiger partial charge in [-0.25, -0.2) is 9.97 Å². The van der Waals surface area contributed by atoms with Crippen molar-refractivity contribution in [2.24, 2.45) is 5.92 Å². The number of amides is 1. The fourth-order valence-corrected chi connectivity index (χ4v) is 4.77. The molecule has 7 heteroatoms. The number of carbonyl (C=O) groups excluding carboxylic acids is 1. The van der Waals surface area contributed by atoms with Gasteiger partial charge in [0.15, 0.2) is 10.8 Å². The van der Waals surface area contributed by atoms with Crippen LogP contribution in [0.25, 0.3) is 10.3 Å². The molecule has 1 aromatic carbocycles. The molecule has 144 valence electrons. The number of nitrogens with zero attached hydrogens (tertiary/aromatic N) is 4. The number of nitrogens with one attached hydrogen (secondary N) is 1. The van der Waals surface area contributed by atoms with Gasteiger partial charge < -0.3 is 10.2 Å². The molecule has 0 spiro atoms. The molecule has 2 aliphatic carbocycles. The molecule has 0 aliphatic heterocycles. The van der Waals surface area contributed by atoms with Gasteiger partial charge in [-0.1, -0.05) is 41.7 Å². The molecule has 0 bridgehead atoms. The van der Waals surface area contributed by atoms with Crippen LogP contribution in [-0.4, -0.2) is 33.9 Å². The van der Waals surface area contributed by atoms with Crippen molar-refractivity contribution in [3.8, 4) is 0 Å². The first kappa shape index (κ1) is 17.6. The van der Waals surface area contributed by atoms with Crippen molar-refractivity contribution in [2.75, 3.05) is 11.9 Å². The van der Waals surface area contributed by atoms with E-state index in [1.807, 2.05) is 42.3 Å². The molecule has 2 saturated carbocycles. The van der Waals surface area contributed by atoms with Crippen LogP contribution in [0.3, 0.4) is 0 Å². The first-order valence-corrected chi connectivity index (χ1v) is 10.7. The average Bonchev–Trinajstić information content (AvgIpc) is 3.65. The van der Waals surface area contributed by atoms with Crippen LogP contribution in [0.1, 0.15) is 42.9 Å². The van der Waals surface area contributed by atoms with Gasteiger partial charge in [0, 0.05) is 19.5 Å². The summed E-state index contributed by atoms with van der Waals surface area (Å²) in [5, 5.41) is 3.96. The molecular formula is C21H23N5OS. The van der Waals surface area contributed by atoms with Gasteiger partial charge in [0.1, 0.15) is 12.4 Å². The summed E-state index contributed by atoms with van der Waals surface area (Å²) in [6.07, 6.45) is 6.19. The number of benzene rings is 1. The number of likely N-dealkylation sites (N-methyl/N-ethyl adjacent to an activating group) is 1. The first-order chi connectivity index (χ1) is 13.7. The molecule has 1 atom stereocenters. The van der Waals surface area contributed by atoms with E-state index in [0.29, 0.717) is 18.4 Å². The van der Waals surface area contributed by atoms with Crippen molar-refractivity contribution in [2.45, 2.75) is 44.2 Å². The quantitative estimate of drug-likeness (QED) is 0.665. The number of hydrogen-bond donors (Lipinski definition) is 1. The highest BCUT2D eigenvalue weighted by atomic mass is 32.1. The van der Waals surface area contributed by atoms with Crippen molar-refractivity contribution in [1.82, 2.24) is 20.3 Å². The maximum atomic E-state index is 13.0. The standard InChI is InChI=1S/C21H23N5OS/c1-26(21-25-19-18(28-21)16(14-7-8-14)23-12-24-19)17(15-9-10-15)20(27)22-11-13-5-3-2-4-6-13/h2-6,12,14-15,17H,7-11H2,1H3,(H,22,27)/t17-/m1/s1. The highest BCUT2D eigenvalue weighted by molar-refractivity contribution is 7.22. The minimum absolute atomic E-state index is 0.0709. The van der Waals surface area contributed by atoms with Gasteiger partial charge in [0.05, 0.1) is 10.4 Å². The molecule has 2 heterocycles. The number of aromatic nitrogens is 3. The van der Waals surface area contributed by atoms with E-state index in [0.717, 1.165) is 39.6 Å². The van der Waals surface area contributed by atoms with Gasteiger partial charge in [0.25, 0.3) is 0 Å². The molecule has 0 saturated heterocycles. The highest BCUT2D eigenvalue weighted by Gasteiger charge is 2.40. The second-order valence-corrected chi connectivity index (χ2v) is 8.76. The van der Waals surface area contributed by atoms with Crippen LogP contribution < -0.4 is 10.2 Å². The zero-order valence-electron chi connectivity index (χ0n) is 15.8. The number of carbonyl (C=O) groups is 1. The molecule has 1 N–H and O–H groups in total. The Balaban J connectivity index is 1.37. The normalized spacial score (nSPS) is 17.5. The molecule has 1 amide bonds. The monoisotopic (exact) mass is 393 g/mol. The summed E-state index contributed by atoms with van der Waals surface area (Å²) >= 11 is 1.62. The van der Waals surface area contributed by atoms with Crippen molar-refractivity contribution in [1.29, 1.82) is 0 Å². The number of hydrogen-bond acceptors (Lipinski definition) is 6. The lowest BCUT2D eigenvalue weighted by Crippen LogP contribution is -2.46. The van der Waals surface area contributed by atoms with Gasteiger partial charge in [0.2, 0.25) is 5.91 Å². The zero-order chi connectivity index (χ0) is 19.1. The zero-order valence-corrected chi connectivity index (χ0v) is 16.7. The summed E-state index contributed by atoms with van der Waals surface area (Å²) < 4.78 is 1.08. The number of anilines is 1. The molecule has 2 aliphatic rings. The van der Waals surface area contributed by atoms with Crippen LogP contribution in [0.15, 0.2) is 36.7 Å². The Morgan fingerprint density at radius 3 is 2.71 bits per heavy atom. The Morgan fingerprint density at radius 1 is 1.21 bits per heavy atom. The van der Waals surface area contributed by atoms with Crippen molar-refractivity contribution < 1.29 is 4.79 Å². The maximum absolute atomic E-state index is 13.0. The Morgan fingerprint density at radius 2 is 2.00 bits per heavy atom. The third-order valence-electron chi connectivity index (χ3n) is 5.54. The van der Waals surface area contributed by atoms with Gasteiger partial charge >= 0.3 is 0 Å². The number of rotatable bonds is 7. The smallest absolute Gasteiger partial charge is 0.243 e. The van der Waals surface area contributed by atoms with Gasteiger partial charge in [-0.15, -0.1) is 0 Å². The third kappa shape index (κ3) is 3.46. The van der Waals surface area contributed by atoms with Crippen LogP contribution in [0, 0.1) is 5.92 Å². The van der Waals surface area contributed by atoms with E-state index in [4.69, 9.17) is 4.98 Å². The predicted molar refractivity (Wildman–Crippen MR) is 110 cm³/mol. The van der Waals surface area contributed by atoms with Crippen molar-refractivity contribution in [3.05, 3.63) is 47.9 Å². The van der Waals surface area contributed by atoms with Crippen LogP contribution in [-0.2, 0) is 11.3 Å². The maximum Gasteiger partial charge on any atom is 0.243 e. The molecule has 5 rings (SSSR count). The van der Waals surface area contributed by atoms with E-state index in [2.05, 4.69) is 15.3 Å². The number of fused-ring (bicyclic) bond motifs is 1. The lowest BCUT2D eigenvalue weighted by Gasteiger charge is -2.26. The van der Waals surface area contributed by atoms with Crippen LogP contribution in [0.2, 0.25) is 0 Å². The summed E-state index contributed by atoms with van der Waals surface area (Å²) in [6.45, 7) is 0.549. The van der Waals surface area contributed by atoms with E-state index in [1.165, 1.54) is 12.8 Å². The molecule has 2 aromatic heterocycles. The molecule has 28 heavy (non-hydrogen) atoms. The predicted octanol–water partition coefficient (Wildman–Crippen LogP) is 3.49. The second-order valence-electron chi connectivity index (χ2n) is 7.78. The molecular weight excluding hydrogens is 370 g/mol. The largest absolute Gasteiger partial charge is 0.350 e. The summed E-state index contributed by atoms with van der Waals surface area (Å²) in [5.41, 5.74) is 2.99. The highest BCUT2D eigenvalue weighted by Crippen LogP contribution is 2.44. The number of thiazole rings is 1. The summed E-state index contributed by atoms with van der Waals surface area (Å²) in [5.74, 6) is 1.01. The van der Waals surface area contributed by atoms with Gasteiger partial charge in [-0.3, -0.25) is 4.79 Å². The molecule has 0 unspecified atom stereocenters. The van der Waals surface area contributed by atoms with E-state index in [-0.39, 0.29) is 11.9 Å². The Hall–Kier alpha value is -2.54. The first-order valence-electron chi connectivity index (χ1n) is 9.86.